The van der Waals surface area contributed by atoms with Gasteiger partial charge in [0.2, 0.25) is 0 Å². The zero-order chi connectivity index (χ0) is 9.80. The van der Waals surface area contributed by atoms with Crippen LogP contribution in [0.25, 0.3) is 12.3 Å². The van der Waals surface area contributed by atoms with Crippen molar-refractivity contribution in [1.29, 1.82) is 0 Å². The summed E-state index contributed by atoms with van der Waals surface area (Å²) in [6.07, 6.45) is 4.88. The SMILES string of the molecule is Clc1ccccc1/C=C/n1ncnn1. The van der Waals surface area contributed by atoms with E-state index in [0.717, 1.165) is 5.56 Å². The minimum Gasteiger partial charge on any atom is -0.139 e. The molecule has 4 nitrogen and oxygen atoms in total. The Kier molecular flexibility index (Phi) is 2.55. The number of hydrogen-bond acceptors (Lipinski definition) is 3. The molecule has 0 fully saturated rings. The van der Waals surface area contributed by atoms with Crippen LogP contribution in [0, 0.1) is 0 Å². The van der Waals surface area contributed by atoms with Crippen molar-refractivity contribution in [2.45, 2.75) is 0 Å². The number of halogens is 1. The van der Waals surface area contributed by atoms with Crippen LogP contribution in [-0.4, -0.2) is 20.2 Å². The highest BCUT2D eigenvalue weighted by Gasteiger charge is 1.93. The summed E-state index contributed by atoms with van der Waals surface area (Å²) in [5.41, 5.74) is 0.923. The van der Waals surface area contributed by atoms with E-state index in [2.05, 4.69) is 15.4 Å². The number of hydrogen-bond donors (Lipinski definition) is 0. The summed E-state index contributed by atoms with van der Waals surface area (Å²) in [5.74, 6) is 0. The summed E-state index contributed by atoms with van der Waals surface area (Å²) >= 11 is 5.95. The van der Waals surface area contributed by atoms with Crippen molar-refractivity contribution in [1.82, 2.24) is 20.2 Å². The van der Waals surface area contributed by atoms with Gasteiger partial charge in [-0.25, -0.2) is 0 Å². The van der Waals surface area contributed by atoms with E-state index in [-0.39, 0.29) is 0 Å². The summed E-state index contributed by atoms with van der Waals surface area (Å²) in [7, 11) is 0. The van der Waals surface area contributed by atoms with Crippen molar-refractivity contribution >= 4 is 23.9 Å². The Morgan fingerprint density at radius 2 is 2.14 bits per heavy atom. The molecule has 0 aliphatic carbocycles. The van der Waals surface area contributed by atoms with Gasteiger partial charge in [0.15, 0.2) is 6.33 Å². The van der Waals surface area contributed by atoms with Crippen molar-refractivity contribution < 1.29 is 0 Å². The molecule has 0 amide bonds. The molecule has 14 heavy (non-hydrogen) atoms. The van der Waals surface area contributed by atoms with Crippen LogP contribution in [0.4, 0.5) is 0 Å². The van der Waals surface area contributed by atoms with Crippen LogP contribution >= 0.6 is 11.6 Å². The molecule has 0 atom stereocenters. The standard InChI is InChI=1S/C9H7ClN4/c10-9-4-2-1-3-8(9)5-6-14-12-7-11-13-14/h1-7H/b6-5+. The lowest BCUT2D eigenvalue weighted by atomic mass is 10.2. The van der Waals surface area contributed by atoms with Crippen LogP contribution in [0.5, 0.6) is 0 Å². The highest BCUT2D eigenvalue weighted by atomic mass is 35.5. The first-order valence-corrected chi connectivity index (χ1v) is 4.39. The first-order chi connectivity index (χ1) is 6.86. The zero-order valence-corrected chi connectivity index (χ0v) is 7.96. The first kappa shape index (κ1) is 8.90. The lowest BCUT2D eigenvalue weighted by Crippen LogP contribution is -1.90. The van der Waals surface area contributed by atoms with E-state index in [1.165, 1.54) is 11.1 Å². The van der Waals surface area contributed by atoms with Gasteiger partial charge in [0, 0.05) is 5.02 Å². The van der Waals surface area contributed by atoms with Crippen molar-refractivity contribution in [3.63, 3.8) is 0 Å². The normalized spacial score (nSPS) is 10.9. The fourth-order valence-electron chi connectivity index (χ4n) is 1.00. The molecule has 0 aliphatic rings. The molecular formula is C9H7ClN4. The summed E-state index contributed by atoms with van der Waals surface area (Å²) in [5, 5.41) is 11.8. The Labute approximate surface area is 85.8 Å². The van der Waals surface area contributed by atoms with Crippen LogP contribution in [0.15, 0.2) is 30.6 Å². The largest absolute Gasteiger partial charge is 0.162 e. The molecule has 2 rings (SSSR count). The van der Waals surface area contributed by atoms with E-state index in [0.29, 0.717) is 5.02 Å². The van der Waals surface area contributed by atoms with Gasteiger partial charge in [0.25, 0.3) is 0 Å². The summed E-state index contributed by atoms with van der Waals surface area (Å²) < 4.78 is 0. The molecule has 2 aromatic rings. The topological polar surface area (TPSA) is 43.6 Å². The average Bonchev–Trinajstić information content (AvgIpc) is 2.69. The Bertz CT molecular complexity index is 436. The Hall–Kier alpha value is -1.68. The molecule has 0 N–H and O–H groups in total. The van der Waals surface area contributed by atoms with E-state index >= 15 is 0 Å². The van der Waals surface area contributed by atoms with E-state index in [4.69, 9.17) is 11.6 Å². The number of tetrazole rings is 1. The average molecular weight is 207 g/mol. The first-order valence-electron chi connectivity index (χ1n) is 4.01. The fraction of sp³-hybridized carbons (Fsp3) is 0. The maximum Gasteiger partial charge on any atom is 0.162 e. The van der Waals surface area contributed by atoms with Gasteiger partial charge in [0.05, 0.1) is 6.20 Å². The Morgan fingerprint density at radius 1 is 1.29 bits per heavy atom. The molecule has 0 radical (unpaired) electrons. The third-order valence-corrected chi connectivity index (χ3v) is 2.00. The van der Waals surface area contributed by atoms with Crippen molar-refractivity contribution in [2.24, 2.45) is 0 Å². The second kappa shape index (κ2) is 4.02. The van der Waals surface area contributed by atoms with Gasteiger partial charge in [-0.15, -0.1) is 15.0 Å². The second-order valence-corrected chi connectivity index (χ2v) is 3.00. The number of aromatic nitrogens is 4. The van der Waals surface area contributed by atoms with Crippen LogP contribution in [0.1, 0.15) is 5.56 Å². The molecule has 0 saturated carbocycles. The van der Waals surface area contributed by atoms with Crippen molar-refractivity contribution in [3.8, 4) is 0 Å². The molecule has 0 unspecified atom stereocenters. The van der Waals surface area contributed by atoms with Crippen molar-refractivity contribution in [3.05, 3.63) is 41.2 Å². The molecule has 5 heteroatoms. The maximum absolute atomic E-state index is 5.95. The van der Waals surface area contributed by atoms with Crippen LogP contribution in [-0.2, 0) is 0 Å². The minimum absolute atomic E-state index is 0.698. The molecule has 70 valence electrons. The highest BCUT2D eigenvalue weighted by molar-refractivity contribution is 6.32. The highest BCUT2D eigenvalue weighted by Crippen LogP contribution is 2.16. The smallest absolute Gasteiger partial charge is 0.139 e. The molecule has 0 aliphatic heterocycles. The van der Waals surface area contributed by atoms with Gasteiger partial charge >= 0.3 is 0 Å². The van der Waals surface area contributed by atoms with E-state index in [1.807, 2.05) is 30.3 Å². The molecular weight excluding hydrogens is 200 g/mol. The summed E-state index contributed by atoms with van der Waals surface area (Å²) in [6, 6.07) is 7.54. The Morgan fingerprint density at radius 3 is 2.86 bits per heavy atom. The fourth-order valence-corrected chi connectivity index (χ4v) is 1.20. The molecule has 1 aromatic carbocycles. The summed E-state index contributed by atoms with van der Waals surface area (Å²) in [4.78, 5) is 1.36. The molecule has 1 aromatic heterocycles. The van der Waals surface area contributed by atoms with Crippen molar-refractivity contribution in [2.75, 3.05) is 0 Å². The van der Waals surface area contributed by atoms with Gasteiger partial charge in [-0.05, 0) is 22.9 Å². The molecule has 0 spiro atoms. The predicted octanol–water partition coefficient (Wildman–Crippen LogP) is 1.95. The molecule has 0 bridgehead atoms. The third-order valence-electron chi connectivity index (χ3n) is 1.66. The molecule has 1 heterocycles. The minimum atomic E-state index is 0.698. The quantitative estimate of drug-likeness (QED) is 0.755. The van der Waals surface area contributed by atoms with Crippen LogP contribution in [0.2, 0.25) is 5.02 Å². The Balaban J connectivity index is 2.23. The van der Waals surface area contributed by atoms with Gasteiger partial charge in [0.1, 0.15) is 0 Å². The van der Waals surface area contributed by atoms with Gasteiger partial charge in [-0.3, -0.25) is 0 Å². The van der Waals surface area contributed by atoms with Gasteiger partial charge < -0.3 is 0 Å². The second-order valence-electron chi connectivity index (χ2n) is 2.59. The number of nitrogens with zero attached hydrogens (tertiary/aromatic N) is 4. The lowest BCUT2D eigenvalue weighted by Gasteiger charge is -1.95. The van der Waals surface area contributed by atoms with E-state index in [1.54, 1.807) is 6.20 Å². The molecule has 0 saturated heterocycles. The lowest BCUT2D eigenvalue weighted by molar-refractivity contribution is 0.761. The summed E-state index contributed by atoms with van der Waals surface area (Å²) in [6.45, 7) is 0. The van der Waals surface area contributed by atoms with Crippen LogP contribution < -0.4 is 0 Å². The van der Waals surface area contributed by atoms with Crippen LogP contribution in [0.3, 0.4) is 0 Å². The monoisotopic (exact) mass is 206 g/mol. The van der Waals surface area contributed by atoms with Gasteiger partial charge in [-0.1, -0.05) is 29.8 Å². The van der Waals surface area contributed by atoms with E-state index in [9.17, 15) is 0 Å². The number of benzene rings is 1. The van der Waals surface area contributed by atoms with E-state index < -0.39 is 0 Å². The number of rotatable bonds is 2. The predicted molar refractivity (Wildman–Crippen MR) is 54.5 cm³/mol. The maximum atomic E-state index is 5.95. The third kappa shape index (κ3) is 1.97. The van der Waals surface area contributed by atoms with Gasteiger partial charge in [-0.2, -0.15) is 0 Å². The zero-order valence-electron chi connectivity index (χ0n) is 7.21.